The molecule has 1 aromatic carbocycles. The Kier molecular flexibility index (Phi) is 5.86. The van der Waals surface area contributed by atoms with Gasteiger partial charge in [-0.1, -0.05) is 12.1 Å². The molecule has 0 radical (unpaired) electrons. The molecule has 0 aliphatic carbocycles. The Morgan fingerprint density at radius 3 is 2.38 bits per heavy atom. The van der Waals surface area contributed by atoms with Crippen LogP contribution in [-0.4, -0.2) is 37.1 Å². The van der Waals surface area contributed by atoms with Crippen LogP contribution in [-0.2, 0) is 15.8 Å². The van der Waals surface area contributed by atoms with E-state index in [1.54, 1.807) is 40.0 Å². The molecule has 0 atom stereocenters. The average molecular weight is 381 g/mol. The fourth-order valence-electron chi connectivity index (χ4n) is 2.56. The Morgan fingerprint density at radius 2 is 1.79 bits per heavy atom. The fraction of sp³-hybridized carbons (Fsp3) is 0.353. The summed E-state index contributed by atoms with van der Waals surface area (Å²) in [6.45, 7) is 1.23. The van der Waals surface area contributed by atoms with Crippen molar-refractivity contribution in [2.75, 3.05) is 19.3 Å². The lowest BCUT2D eigenvalue weighted by Crippen LogP contribution is -2.27. The molecule has 1 aliphatic heterocycles. The highest BCUT2D eigenvalue weighted by Crippen LogP contribution is 2.25. The molecule has 0 N–H and O–H groups in total. The lowest BCUT2D eigenvalue weighted by molar-refractivity contribution is 0.477. The second kappa shape index (κ2) is 7.91. The minimum absolute atomic E-state index is 0.290. The maximum atomic E-state index is 12.5. The zero-order chi connectivity index (χ0) is 17.0. The van der Waals surface area contributed by atoms with Crippen molar-refractivity contribution in [3.8, 4) is 0 Å². The molecule has 7 heteroatoms. The fourth-order valence-corrected chi connectivity index (χ4v) is 5.23. The third kappa shape index (κ3) is 4.14. The number of aromatic nitrogens is 1. The Balaban J connectivity index is 1.63. The molecule has 0 spiro atoms. The second-order valence-electron chi connectivity index (χ2n) is 5.58. The SMILES string of the molecule is CSc1ccc(CSc2ccc(S(=O)(=O)N3CCCC3)cn2)cc1. The van der Waals surface area contributed by atoms with Crippen LogP contribution in [0.4, 0.5) is 0 Å². The molecule has 1 fully saturated rings. The van der Waals surface area contributed by atoms with Gasteiger partial charge in [0.2, 0.25) is 10.0 Å². The normalized spacial score (nSPS) is 15.7. The zero-order valence-electron chi connectivity index (χ0n) is 13.5. The Labute approximate surface area is 152 Å². The first-order chi connectivity index (χ1) is 11.6. The first kappa shape index (κ1) is 17.8. The van der Waals surface area contributed by atoms with Crippen LogP contribution in [0.1, 0.15) is 18.4 Å². The lowest BCUT2D eigenvalue weighted by atomic mass is 10.2. The topological polar surface area (TPSA) is 50.3 Å². The maximum Gasteiger partial charge on any atom is 0.244 e. The van der Waals surface area contributed by atoms with Crippen molar-refractivity contribution in [1.82, 2.24) is 9.29 Å². The van der Waals surface area contributed by atoms with Crippen LogP contribution in [0.5, 0.6) is 0 Å². The van der Waals surface area contributed by atoms with E-state index in [1.165, 1.54) is 16.7 Å². The van der Waals surface area contributed by atoms with Gasteiger partial charge in [-0.2, -0.15) is 4.31 Å². The largest absolute Gasteiger partial charge is 0.249 e. The van der Waals surface area contributed by atoms with Gasteiger partial charge in [-0.25, -0.2) is 13.4 Å². The molecule has 0 unspecified atom stereocenters. The van der Waals surface area contributed by atoms with Gasteiger partial charge in [0.15, 0.2) is 0 Å². The monoisotopic (exact) mass is 380 g/mol. The molecule has 0 saturated carbocycles. The van der Waals surface area contributed by atoms with Gasteiger partial charge < -0.3 is 0 Å². The van der Waals surface area contributed by atoms with E-state index < -0.39 is 10.0 Å². The summed E-state index contributed by atoms with van der Waals surface area (Å²) in [4.78, 5) is 5.86. The number of sulfonamides is 1. The summed E-state index contributed by atoms with van der Waals surface area (Å²) < 4.78 is 26.5. The first-order valence-electron chi connectivity index (χ1n) is 7.81. The van der Waals surface area contributed by atoms with Crippen molar-refractivity contribution in [1.29, 1.82) is 0 Å². The van der Waals surface area contributed by atoms with Crippen LogP contribution in [0, 0.1) is 0 Å². The van der Waals surface area contributed by atoms with Gasteiger partial charge in [0.05, 0.1) is 5.03 Å². The van der Waals surface area contributed by atoms with Crippen LogP contribution in [0.2, 0.25) is 0 Å². The van der Waals surface area contributed by atoms with Crippen molar-refractivity contribution in [3.05, 3.63) is 48.2 Å². The zero-order valence-corrected chi connectivity index (χ0v) is 16.0. The van der Waals surface area contributed by atoms with Gasteiger partial charge >= 0.3 is 0 Å². The van der Waals surface area contributed by atoms with Crippen LogP contribution >= 0.6 is 23.5 Å². The molecule has 3 rings (SSSR count). The molecular weight excluding hydrogens is 360 g/mol. The van der Waals surface area contributed by atoms with E-state index in [-0.39, 0.29) is 4.90 Å². The predicted octanol–water partition coefficient (Wildman–Crippen LogP) is 3.88. The van der Waals surface area contributed by atoms with E-state index in [4.69, 9.17) is 0 Å². The quantitative estimate of drug-likeness (QED) is 0.712. The predicted molar refractivity (Wildman–Crippen MR) is 100 cm³/mol. The third-order valence-corrected chi connectivity index (χ3v) is 7.60. The van der Waals surface area contributed by atoms with Crippen molar-refractivity contribution in [2.45, 2.75) is 33.4 Å². The third-order valence-electron chi connectivity index (χ3n) is 3.96. The molecule has 1 saturated heterocycles. The molecule has 4 nitrogen and oxygen atoms in total. The first-order valence-corrected chi connectivity index (χ1v) is 11.5. The smallest absolute Gasteiger partial charge is 0.244 e. The number of nitrogens with zero attached hydrogens (tertiary/aromatic N) is 2. The number of pyridine rings is 1. The van der Waals surface area contributed by atoms with Crippen molar-refractivity contribution < 1.29 is 8.42 Å². The number of hydrogen-bond donors (Lipinski definition) is 0. The Hall–Kier alpha value is -1.02. The molecule has 128 valence electrons. The number of benzene rings is 1. The van der Waals surface area contributed by atoms with E-state index in [9.17, 15) is 8.42 Å². The minimum Gasteiger partial charge on any atom is -0.249 e. The summed E-state index contributed by atoms with van der Waals surface area (Å²) >= 11 is 3.34. The van der Waals surface area contributed by atoms with Gasteiger partial charge in [0.25, 0.3) is 0 Å². The standard InChI is InChI=1S/C17H20N2O2S3/c1-22-15-6-4-14(5-7-15)13-23-17-9-8-16(12-18-17)24(20,21)19-10-2-3-11-19/h4-9,12H,2-3,10-11,13H2,1H3. The summed E-state index contributed by atoms with van der Waals surface area (Å²) in [5.41, 5.74) is 1.23. The lowest BCUT2D eigenvalue weighted by Gasteiger charge is -2.15. The maximum absolute atomic E-state index is 12.5. The van der Waals surface area contributed by atoms with Gasteiger partial charge in [0.1, 0.15) is 4.90 Å². The Morgan fingerprint density at radius 1 is 1.08 bits per heavy atom. The molecular formula is C17H20N2O2S3. The highest BCUT2D eigenvalue weighted by Gasteiger charge is 2.27. The van der Waals surface area contributed by atoms with Crippen molar-refractivity contribution >= 4 is 33.5 Å². The number of hydrogen-bond acceptors (Lipinski definition) is 5. The molecule has 2 heterocycles. The van der Waals surface area contributed by atoms with Crippen LogP contribution in [0.3, 0.4) is 0 Å². The van der Waals surface area contributed by atoms with Gasteiger partial charge in [-0.05, 0) is 48.9 Å². The highest BCUT2D eigenvalue weighted by atomic mass is 32.2. The van der Waals surface area contributed by atoms with Gasteiger partial charge in [0, 0.05) is 29.9 Å². The summed E-state index contributed by atoms with van der Waals surface area (Å²) in [6.07, 6.45) is 5.42. The van der Waals surface area contributed by atoms with Crippen LogP contribution < -0.4 is 0 Å². The summed E-state index contributed by atoms with van der Waals surface area (Å²) in [7, 11) is -3.37. The molecule has 1 aliphatic rings. The number of rotatable bonds is 6. The van der Waals surface area contributed by atoms with E-state index in [2.05, 4.69) is 35.5 Å². The van der Waals surface area contributed by atoms with Gasteiger partial charge in [-0.15, -0.1) is 23.5 Å². The van der Waals surface area contributed by atoms with Crippen LogP contribution in [0.15, 0.2) is 57.4 Å². The average Bonchev–Trinajstić information content (AvgIpc) is 3.16. The molecule has 24 heavy (non-hydrogen) atoms. The second-order valence-corrected chi connectivity index (χ2v) is 9.39. The van der Waals surface area contributed by atoms with Gasteiger partial charge in [-0.3, -0.25) is 0 Å². The van der Waals surface area contributed by atoms with E-state index in [0.717, 1.165) is 23.6 Å². The Bertz CT molecular complexity index is 768. The number of thioether (sulfide) groups is 2. The van der Waals surface area contributed by atoms with E-state index >= 15 is 0 Å². The molecule has 1 aromatic heterocycles. The minimum atomic E-state index is -3.37. The molecule has 0 amide bonds. The van der Waals surface area contributed by atoms with E-state index in [1.807, 2.05) is 0 Å². The highest BCUT2D eigenvalue weighted by molar-refractivity contribution is 7.98. The van der Waals surface area contributed by atoms with Crippen molar-refractivity contribution in [2.24, 2.45) is 0 Å². The molecule has 0 bridgehead atoms. The molecule has 2 aromatic rings. The van der Waals surface area contributed by atoms with Crippen molar-refractivity contribution in [3.63, 3.8) is 0 Å². The summed E-state index contributed by atoms with van der Waals surface area (Å²) in [5, 5.41) is 0.837. The van der Waals surface area contributed by atoms with E-state index in [0.29, 0.717) is 13.1 Å². The summed E-state index contributed by atoms with van der Waals surface area (Å²) in [5.74, 6) is 0.819. The van der Waals surface area contributed by atoms with Crippen LogP contribution in [0.25, 0.3) is 0 Å². The summed E-state index contributed by atoms with van der Waals surface area (Å²) in [6, 6.07) is 11.9.